The molecule has 4 fully saturated rings. The maximum atomic E-state index is 12.6. The number of ether oxygens (including phenoxy) is 2. The Morgan fingerprint density at radius 3 is 2.58 bits per heavy atom. The summed E-state index contributed by atoms with van der Waals surface area (Å²) >= 11 is 6.00. The van der Waals surface area contributed by atoms with E-state index in [0.29, 0.717) is 62.2 Å². The van der Waals surface area contributed by atoms with Gasteiger partial charge in [0.25, 0.3) is 11.8 Å². The van der Waals surface area contributed by atoms with Gasteiger partial charge in [-0.3, -0.25) is 9.59 Å². The number of rotatable bonds is 8. The molecule has 1 heterocycles. The first-order chi connectivity index (χ1) is 15.7. The number of nitrogens with one attached hydrogen (secondary N) is 3. The highest BCUT2D eigenvalue weighted by Gasteiger charge is 2.69. The fourth-order valence-corrected chi connectivity index (χ4v) is 4.85. The Labute approximate surface area is 197 Å². The Kier molecular flexibility index (Phi) is 6.45. The summed E-state index contributed by atoms with van der Waals surface area (Å²) in [5.74, 6) is 0.436. The van der Waals surface area contributed by atoms with E-state index >= 15 is 0 Å². The normalized spacial score (nSPS) is 25.9. The number of hydrogen-bond donors (Lipinski definition) is 3. The maximum Gasteiger partial charge on any atom is 0.269 e. The lowest BCUT2D eigenvalue weighted by Crippen LogP contribution is -2.84. The van der Waals surface area contributed by atoms with Gasteiger partial charge in [0, 0.05) is 29.2 Å². The van der Waals surface area contributed by atoms with Crippen LogP contribution in [0.3, 0.4) is 0 Å². The molecule has 0 aromatic heterocycles. The highest BCUT2D eigenvalue weighted by Crippen LogP contribution is 2.60. The SMILES string of the molecule is C=C(N=C(C=N)N1CCOCC1)C(=O)NC12CC(NC(=O)COc3ccc(Cl)c(C)c3)(C1)C2. The topological polar surface area (TPSA) is 116 Å². The summed E-state index contributed by atoms with van der Waals surface area (Å²) in [5.41, 5.74) is 0.327. The molecule has 3 N–H and O–H groups in total. The van der Waals surface area contributed by atoms with Crippen molar-refractivity contribution in [3.05, 3.63) is 41.1 Å². The van der Waals surface area contributed by atoms with Crippen LogP contribution in [-0.4, -0.2) is 72.8 Å². The van der Waals surface area contributed by atoms with Gasteiger partial charge in [-0.15, -0.1) is 0 Å². The molecule has 176 valence electrons. The molecule has 3 saturated carbocycles. The van der Waals surface area contributed by atoms with E-state index in [1.807, 2.05) is 11.8 Å². The van der Waals surface area contributed by atoms with E-state index in [9.17, 15) is 9.59 Å². The highest BCUT2D eigenvalue weighted by atomic mass is 35.5. The van der Waals surface area contributed by atoms with Gasteiger partial charge in [0.2, 0.25) is 0 Å². The van der Waals surface area contributed by atoms with Crippen molar-refractivity contribution in [3.8, 4) is 5.75 Å². The Morgan fingerprint density at radius 1 is 1.27 bits per heavy atom. The number of carbonyl (C=O) groups excluding carboxylic acids is 2. The number of benzene rings is 1. The van der Waals surface area contributed by atoms with Crippen molar-refractivity contribution in [1.29, 1.82) is 5.41 Å². The molecule has 2 bridgehead atoms. The van der Waals surface area contributed by atoms with Crippen LogP contribution >= 0.6 is 11.6 Å². The Balaban J connectivity index is 1.22. The summed E-state index contributed by atoms with van der Waals surface area (Å²) in [7, 11) is 0. The number of nitrogens with zero attached hydrogens (tertiary/aromatic N) is 2. The summed E-state index contributed by atoms with van der Waals surface area (Å²) in [6.45, 7) is 7.93. The Morgan fingerprint density at radius 2 is 1.94 bits per heavy atom. The number of hydrogen-bond acceptors (Lipinski definition) is 6. The first-order valence-corrected chi connectivity index (χ1v) is 11.2. The molecule has 1 aromatic rings. The lowest BCUT2D eigenvalue weighted by atomic mass is 9.44. The fraction of sp³-hybridized carbons (Fsp3) is 0.478. The van der Waals surface area contributed by atoms with Crippen LogP contribution in [0.1, 0.15) is 24.8 Å². The molecule has 0 atom stereocenters. The van der Waals surface area contributed by atoms with Crippen molar-refractivity contribution in [1.82, 2.24) is 15.5 Å². The summed E-state index contributed by atoms with van der Waals surface area (Å²) in [4.78, 5) is 31.1. The molecule has 2 amide bonds. The summed E-state index contributed by atoms with van der Waals surface area (Å²) in [6, 6.07) is 5.26. The van der Waals surface area contributed by atoms with Gasteiger partial charge in [0.05, 0.1) is 19.4 Å². The van der Waals surface area contributed by atoms with Crippen LogP contribution in [-0.2, 0) is 14.3 Å². The number of aryl methyl sites for hydroxylation is 1. The van der Waals surface area contributed by atoms with E-state index in [-0.39, 0.29) is 35.2 Å². The van der Waals surface area contributed by atoms with Crippen molar-refractivity contribution in [2.24, 2.45) is 4.99 Å². The molecule has 5 rings (SSSR count). The number of morpholine rings is 1. The zero-order valence-electron chi connectivity index (χ0n) is 18.6. The summed E-state index contributed by atoms with van der Waals surface area (Å²) in [5, 5.41) is 14.3. The summed E-state index contributed by atoms with van der Waals surface area (Å²) in [6.07, 6.45) is 3.11. The third kappa shape index (κ3) is 5.04. The maximum absolute atomic E-state index is 12.6. The second-order valence-electron chi connectivity index (χ2n) is 8.95. The molecular formula is C23H28ClN5O4. The van der Waals surface area contributed by atoms with E-state index in [0.717, 1.165) is 11.8 Å². The quantitative estimate of drug-likeness (QED) is 0.302. The smallest absolute Gasteiger partial charge is 0.269 e. The van der Waals surface area contributed by atoms with E-state index in [2.05, 4.69) is 22.2 Å². The number of carbonyl (C=O) groups is 2. The van der Waals surface area contributed by atoms with Gasteiger partial charge in [-0.2, -0.15) is 0 Å². The predicted molar refractivity (Wildman–Crippen MR) is 125 cm³/mol. The molecule has 3 aliphatic carbocycles. The Bertz CT molecular complexity index is 998. The predicted octanol–water partition coefficient (Wildman–Crippen LogP) is 1.83. The molecular weight excluding hydrogens is 446 g/mol. The molecule has 1 aliphatic heterocycles. The molecule has 0 radical (unpaired) electrons. The van der Waals surface area contributed by atoms with Gasteiger partial charge in [0.1, 0.15) is 17.3 Å². The standard InChI is InChI=1S/C23H28ClN5O4/c1-15-9-17(3-4-18(15)24)33-11-20(30)27-22-12-23(13-22,14-22)28-21(31)16(2)26-19(10-25)29-5-7-32-8-6-29/h3-4,9-10,25H,2,5-8,11-14H2,1H3,(H,27,30)(H,28,31). The zero-order chi connectivity index (χ0) is 23.6. The minimum Gasteiger partial charge on any atom is -0.484 e. The van der Waals surface area contributed by atoms with Gasteiger partial charge in [-0.1, -0.05) is 18.2 Å². The minimum absolute atomic E-state index is 0.0643. The van der Waals surface area contributed by atoms with Gasteiger partial charge >= 0.3 is 0 Å². The van der Waals surface area contributed by atoms with Crippen molar-refractivity contribution < 1.29 is 19.1 Å². The van der Waals surface area contributed by atoms with Crippen molar-refractivity contribution in [3.63, 3.8) is 0 Å². The van der Waals surface area contributed by atoms with Crippen LogP contribution in [0, 0.1) is 12.3 Å². The minimum atomic E-state index is -0.358. The first kappa shape index (κ1) is 23.3. The second-order valence-corrected chi connectivity index (χ2v) is 9.36. The Hall–Kier alpha value is -2.91. The average Bonchev–Trinajstić information content (AvgIpc) is 2.76. The number of halogens is 1. The van der Waals surface area contributed by atoms with Gasteiger partial charge in [-0.25, -0.2) is 4.99 Å². The fourth-order valence-electron chi connectivity index (χ4n) is 4.73. The summed E-state index contributed by atoms with van der Waals surface area (Å²) < 4.78 is 10.9. The first-order valence-electron chi connectivity index (χ1n) is 10.9. The van der Waals surface area contributed by atoms with Gasteiger partial charge in [0.15, 0.2) is 6.61 Å². The third-order valence-electron chi connectivity index (χ3n) is 6.29. The van der Waals surface area contributed by atoms with Crippen molar-refractivity contribution in [2.75, 3.05) is 32.9 Å². The molecule has 1 aromatic carbocycles. The number of amidine groups is 1. The molecule has 9 nitrogen and oxygen atoms in total. The van der Waals surface area contributed by atoms with Crippen LogP contribution in [0.5, 0.6) is 5.75 Å². The monoisotopic (exact) mass is 473 g/mol. The molecule has 10 heteroatoms. The highest BCUT2D eigenvalue weighted by molar-refractivity contribution is 6.31. The molecule has 0 spiro atoms. The average molecular weight is 474 g/mol. The lowest BCUT2D eigenvalue weighted by molar-refractivity contribution is -0.148. The number of aliphatic imine (C=N–C) groups is 1. The molecule has 0 unspecified atom stereocenters. The van der Waals surface area contributed by atoms with Crippen LogP contribution in [0.15, 0.2) is 35.5 Å². The largest absolute Gasteiger partial charge is 0.484 e. The van der Waals surface area contributed by atoms with E-state index in [1.54, 1.807) is 18.2 Å². The van der Waals surface area contributed by atoms with Crippen LogP contribution < -0.4 is 15.4 Å². The lowest BCUT2D eigenvalue weighted by Gasteiger charge is -2.70. The van der Waals surface area contributed by atoms with Crippen LogP contribution in [0.4, 0.5) is 0 Å². The van der Waals surface area contributed by atoms with Crippen molar-refractivity contribution >= 4 is 35.5 Å². The van der Waals surface area contributed by atoms with E-state index in [4.69, 9.17) is 26.5 Å². The second kappa shape index (κ2) is 9.15. The molecule has 33 heavy (non-hydrogen) atoms. The third-order valence-corrected chi connectivity index (χ3v) is 6.71. The van der Waals surface area contributed by atoms with Gasteiger partial charge < -0.3 is 30.4 Å². The van der Waals surface area contributed by atoms with Gasteiger partial charge in [-0.05, 0) is 49.9 Å². The molecule has 4 aliphatic rings. The zero-order valence-corrected chi connectivity index (χ0v) is 19.3. The van der Waals surface area contributed by atoms with E-state index < -0.39 is 0 Å². The number of amides is 2. The van der Waals surface area contributed by atoms with E-state index in [1.165, 1.54) is 0 Å². The molecule has 1 saturated heterocycles. The van der Waals surface area contributed by atoms with Crippen LogP contribution in [0.25, 0.3) is 0 Å². The van der Waals surface area contributed by atoms with Crippen LogP contribution in [0.2, 0.25) is 5.02 Å². The van der Waals surface area contributed by atoms with Crippen molar-refractivity contribution in [2.45, 2.75) is 37.3 Å².